The van der Waals surface area contributed by atoms with Crippen LogP contribution in [0.3, 0.4) is 0 Å². The molecule has 9 heteroatoms. The van der Waals surface area contributed by atoms with E-state index in [9.17, 15) is 14.3 Å². The molecular weight excluding hydrogens is 377 g/mol. The second-order valence-electron chi connectivity index (χ2n) is 7.95. The molecule has 2 bridgehead atoms. The van der Waals surface area contributed by atoms with Gasteiger partial charge < -0.3 is 19.7 Å². The highest BCUT2D eigenvalue weighted by Crippen LogP contribution is 2.34. The molecule has 8 nitrogen and oxygen atoms in total. The number of fused-ring (bicyclic) bond motifs is 3. The average Bonchev–Trinajstić information content (AvgIpc) is 3.25. The fourth-order valence-corrected chi connectivity index (χ4v) is 4.54. The summed E-state index contributed by atoms with van der Waals surface area (Å²) in [6, 6.07) is 6.57. The molecular formula is C20H22FN5O3. The predicted octanol–water partition coefficient (Wildman–Crippen LogP) is 1.96. The van der Waals surface area contributed by atoms with E-state index in [0.717, 1.165) is 19.3 Å². The molecule has 2 fully saturated rings. The van der Waals surface area contributed by atoms with Crippen LogP contribution < -0.4 is 16.0 Å². The normalized spacial score (nSPS) is 26.2. The second-order valence-corrected chi connectivity index (χ2v) is 7.95. The molecule has 2 N–H and O–H groups in total. The minimum Gasteiger partial charge on any atom is -0.507 e. The summed E-state index contributed by atoms with van der Waals surface area (Å²) in [5.74, 6) is 0.0499. The van der Waals surface area contributed by atoms with Gasteiger partial charge in [0.15, 0.2) is 11.4 Å². The average molecular weight is 399 g/mol. The van der Waals surface area contributed by atoms with Crippen LogP contribution in [0.1, 0.15) is 19.3 Å². The Morgan fingerprint density at radius 2 is 2.14 bits per heavy atom. The Morgan fingerprint density at radius 1 is 1.31 bits per heavy atom. The van der Waals surface area contributed by atoms with Gasteiger partial charge in [0.1, 0.15) is 11.9 Å². The van der Waals surface area contributed by atoms with Crippen molar-refractivity contribution in [2.45, 2.75) is 43.6 Å². The number of nitrogens with zero attached hydrogens (tertiary/aromatic N) is 4. The van der Waals surface area contributed by atoms with Gasteiger partial charge in [-0.05, 0) is 37.5 Å². The fraction of sp³-hybridized carbons (Fsp3) is 0.450. The van der Waals surface area contributed by atoms with Crippen LogP contribution in [0, 0.1) is 0 Å². The quantitative estimate of drug-likeness (QED) is 0.695. The van der Waals surface area contributed by atoms with Crippen molar-refractivity contribution in [2.24, 2.45) is 7.05 Å². The fourth-order valence-electron chi connectivity index (χ4n) is 4.54. The monoisotopic (exact) mass is 399 g/mol. The van der Waals surface area contributed by atoms with Crippen molar-refractivity contribution in [3.05, 3.63) is 34.8 Å². The van der Waals surface area contributed by atoms with Gasteiger partial charge in [0, 0.05) is 37.8 Å². The van der Waals surface area contributed by atoms with Crippen molar-refractivity contribution in [2.75, 3.05) is 11.9 Å². The topological polar surface area (TPSA) is 96.4 Å². The van der Waals surface area contributed by atoms with E-state index in [-0.39, 0.29) is 17.8 Å². The molecule has 4 atom stereocenters. The third-order valence-corrected chi connectivity index (χ3v) is 6.25. The first-order valence-corrected chi connectivity index (χ1v) is 9.72. The number of alkyl halides is 1. The van der Waals surface area contributed by atoms with Gasteiger partial charge in [0.2, 0.25) is 0 Å². The van der Waals surface area contributed by atoms with Gasteiger partial charge in [-0.1, -0.05) is 0 Å². The van der Waals surface area contributed by atoms with E-state index in [0.29, 0.717) is 34.2 Å². The molecule has 152 valence electrons. The number of phenolic OH excluding ortho intramolecular Hbond substituents is 1. The molecule has 29 heavy (non-hydrogen) atoms. The van der Waals surface area contributed by atoms with Crippen molar-refractivity contribution in [3.8, 4) is 17.0 Å². The highest BCUT2D eigenvalue weighted by molar-refractivity contribution is 5.83. The molecule has 3 aromatic rings. The maximum absolute atomic E-state index is 14.8. The van der Waals surface area contributed by atoms with E-state index in [1.54, 1.807) is 25.2 Å². The van der Waals surface area contributed by atoms with E-state index in [1.165, 1.54) is 10.6 Å². The molecule has 1 aromatic carbocycles. The second kappa shape index (κ2) is 6.55. The van der Waals surface area contributed by atoms with Crippen LogP contribution in [-0.2, 0) is 7.05 Å². The van der Waals surface area contributed by atoms with Gasteiger partial charge in [-0.15, -0.1) is 10.2 Å². The Kier molecular flexibility index (Phi) is 4.09. The number of hydrogen-bond acceptors (Lipinski definition) is 7. The zero-order valence-corrected chi connectivity index (χ0v) is 16.2. The Labute approximate surface area is 166 Å². The van der Waals surface area contributed by atoms with E-state index in [1.807, 2.05) is 11.9 Å². The first-order chi connectivity index (χ1) is 13.9. The summed E-state index contributed by atoms with van der Waals surface area (Å²) in [6.45, 7) is 0. The lowest BCUT2D eigenvalue weighted by Crippen LogP contribution is -2.55. The van der Waals surface area contributed by atoms with Crippen LogP contribution in [-0.4, -0.2) is 51.2 Å². The smallest absolute Gasteiger partial charge is 0.419 e. The van der Waals surface area contributed by atoms with Gasteiger partial charge in [-0.25, -0.2) is 9.18 Å². The number of phenols is 1. The molecule has 2 aromatic heterocycles. The van der Waals surface area contributed by atoms with Gasteiger partial charge in [-0.3, -0.25) is 4.57 Å². The number of anilines is 1. The largest absolute Gasteiger partial charge is 0.507 e. The third-order valence-electron chi connectivity index (χ3n) is 6.25. The molecule has 2 aliphatic rings. The van der Waals surface area contributed by atoms with Gasteiger partial charge >= 0.3 is 5.76 Å². The first kappa shape index (κ1) is 18.1. The lowest BCUT2D eigenvalue weighted by atomic mass is 9.96. The molecule has 0 aliphatic carbocycles. The SMILES string of the molecule is CN(c1ccc(-c2cc3oc(=O)n(C)c3cc2O)nn1)[C@@H]1CC2CCC(N2)[C@@H]1F. The highest BCUT2D eigenvalue weighted by Gasteiger charge is 2.43. The molecule has 0 amide bonds. The highest BCUT2D eigenvalue weighted by atomic mass is 19.1. The summed E-state index contributed by atoms with van der Waals surface area (Å²) in [5.41, 5.74) is 1.71. The van der Waals surface area contributed by atoms with Crippen LogP contribution in [0.4, 0.5) is 10.2 Å². The molecule has 0 spiro atoms. The number of aromatic nitrogens is 3. The van der Waals surface area contributed by atoms with Gasteiger partial charge in [0.05, 0.1) is 17.3 Å². The Hall–Kier alpha value is -2.94. The number of benzene rings is 1. The maximum Gasteiger partial charge on any atom is 0.419 e. The number of aromatic hydroxyl groups is 1. The minimum absolute atomic E-state index is 0.0249. The number of rotatable bonds is 3. The molecule has 0 saturated carbocycles. The first-order valence-electron chi connectivity index (χ1n) is 9.72. The molecule has 2 aliphatic heterocycles. The van der Waals surface area contributed by atoms with Crippen molar-refractivity contribution < 1.29 is 13.9 Å². The molecule has 5 rings (SSSR count). The summed E-state index contributed by atoms with van der Waals surface area (Å²) in [7, 11) is 3.41. The lowest BCUT2D eigenvalue weighted by Gasteiger charge is -2.38. The minimum atomic E-state index is -0.951. The molecule has 4 heterocycles. The molecule has 0 radical (unpaired) electrons. The standard InChI is InChI=1S/C20H22FN5O3/c1-25(15-7-10-3-4-13(22-10)19(15)21)18-6-5-12(23-24-18)11-8-17-14(9-16(11)27)26(2)20(28)29-17/h5-6,8-10,13,15,19,22,27H,3-4,7H2,1-2H3/t10?,13?,15-,19+/m1/s1. The number of halogens is 1. The van der Waals surface area contributed by atoms with E-state index >= 15 is 0 Å². The van der Waals surface area contributed by atoms with Crippen LogP contribution in [0.25, 0.3) is 22.4 Å². The van der Waals surface area contributed by atoms with Crippen LogP contribution in [0.2, 0.25) is 0 Å². The summed E-state index contributed by atoms with van der Waals surface area (Å²) in [5, 5.41) is 22.2. The molecule has 2 unspecified atom stereocenters. The summed E-state index contributed by atoms with van der Waals surface area (Å²) < 4.78 is 21.3. The summed E-state index contributed by atoms with van der Waals surface area (Å²) in [4.78, 5) is 13.5. The zero-order chi connectivity index (χ0) is 20.3. The number of aryl methyl sites for hydroxylation is 1. The van der Waals surface area contributed by atoms with Crippen molar-refractivity contribution in [1.82, 2.24) is 20.1 Å². The van der Waals surface area contributed by atoms with E-state index < -0.39 is 11.9 Å². The van der Waals surface area contributed by atoms with Crippen LogP contribution >= 0.6 is 0 Å². The summed E-state index contributed by atoms with van der Waals surface area (Å²) in [6.07, 6.45) is 1.67. The van der Waals surface area contributed by atoms with Crippen molar-refractivity contribution >= 4 is 16.9 Å². The molecule has 2 saturated heterocycles. The van der Waals surface area contributed by atoms with E-state index in [2.05, 4.69) is 15.5 Å². The zero-order valence-electron chi connectivity index (χ0n) is 16.2. The lowest BCUT2D eigenvalue weighted by molar-refractivity contribution is 0.176. The maximum atomic E-state index is 14.8. The van der Waals surface area contributed by atoms with Crippen LogP contribution in [0.5, 0.6) is 5.75 Å². The van der Waals surface area contributed by atoms with Crippen molar-refractivity contribution in [1.29, 1.82) is 0 Å². The Bertz CT molecular complexity index is 1130. The van der Waals surface area contributed by atoms with E-state index in [4.69, 9.17) is 4.42 Å². The number of oxazole rings is 1. The van der Waals surface area contributed by atoms with Gasteiger partial charge in [-0.2, -0.15) is 0 Å². The Balaban J connectivity index is 1.44. The summed E-state index contributed by atoms with van der Waals surface area (Å²) >= 11 is 0. The Morgan fingerprint density at radius 3 is 2.90 bits per heavy atom. The van der Waals surface area contributed by atoms with Crippen molar-refractivity contribution in [3.63, 3.8) is 0 Å². The third kappa shape index (κ3) is 2.88. The van der Waals surface area contributed by atoms with Crippen LogP contribution in [0.15, 0.2) is 33.5 Å². The number of nitrogens with one attached hydrogen (secondary N) is 1. The van der Waals surface area contributed by atoms with Gasteiger partial charge in [0.25, 0.3) is 0 Å². The number of hydrogen-bond donors (Lipinski definition) is 2. The number of piperidine rings is 1. The predicted molar refractivity (Wildman–Crippen MR) is 106 cm³/mol.